The van der Waals surface area contributed by atoms with Crippen LogP contribution >= 0.6 is 0 Å². The zero-order valence-electron chi connectivity index (χ0n) is 13.6. The fourth-order valence-electron chi connectivity index (χ4n) is 2.04. The Bertz CT molecular complexity index is 473. The monoisotopic (exact) mass is 305 g/mol. The van der Waals surface area contributed by atoms with Crippen LogP contribution in [0.3, 0.4) is 0 Å². The molecule has 5 nitrogen and oxygen atoms in total. The van der Waals surface area contributed by atoms with Crippen LogP contribution in [0.4, 0.5) is 0 Å². The zero-order valence-corrected chi connectivity index (χ0v) is 13.6. The van der Waals surface area contributed by atoms with Gasteiger partial charge in [-0.2, -0.15) is 0 Å². The Labute approximate surface area is 133 Å². The minimum absolute atomic E-state index is 0.605. The summed E-state index contributed by atoms with van der Waals surface area (Å²) in [5, 5.41) is 6.70. The van der Waals surface area contributed by atoms with Gasteiger partial charge in [0.25, 0.3) is 0 Å². The van der Waals surface area contributed by atoms with Crippen LogP contribution in [-0.4, -0.2) is 38.9 Å². The molecule has 0 amide bonds. The number of guanidine groups is 1. The van der Waals surface area contributed by atoms with Gasteiger partial charge < -0.3 is 20.1 Å². The molecule has 2 rings (SSSR count). The molecule has 0 spiro atoms. The van der Waals surface area contributed by atoms with Crippen LogP contribution in [0.1, 0.15) is 31.7 Å². The van der Waals surface area contributed by atoms with Crippen molar-refractivity contribution in [2.75, 3.05) is 26.9 Å². The van der Waals surface area contributed by atoms with Gasteiger partial charge in [0.1, 0.15) is 5.75 Å². The van der Waals surface area contributed by atoms with Crippen LogP contribution in [0.2, 0.25) is 0 Å². The first-order chi connectivity index (χ1) is 10.8. The maximum atomic E-state index is 5.72. The van der Waals surface area contributed by atoms with E-state index in [9.17, 15) is 0 Å². The summed E-state index contributed by atoms with van der Waals surface area (Å²) >= 11 is 0. The molecule has 22 heavy (non-hydrogen) atoms. The van der Waals surface area contributed by atoms with E-state index < -0.39 is 0 Å². The van der Waals surface area contributed by atoms with Crippen molar-refractivity contribution in [1.29, 1.82) is 0 Å². The normalized spacial score (nSPS) is 14.7. The molecule has 0 heterocycles. The van der Waals surface area contributed by atoms with Crippen molar-refractivity contribution in [3.63, 3.8) is 0 Å². The second-order valence-corrected chi connectivity index (χ2v) is 5.46. The van der Waals surface area contributed by atoms with E-state index in [2.05, 4.69) is 34.7 Å². The summed E-state index contributed by atoms with van der Waals surface area (Å²) in [6.45, 7) is 5.01. The third-order valence-corrected chi connectivity index (χ3v) is 3.34. The first-order valence-electron chi connectivity index (χ1n) is 8.07. The number of benzene rings is 1. The average molecular weight is 305 g/mol. The van der Waals surface area contributed by atoms with Gasteiger partial charge in [0.05, 0.1) is 13.2 Å². The molecular weight excluding hydrogens is 278 g/mol. The Morgan fingerprint density at radius 3 is 2.91 bits per heavy atom. The summed E-state index contributed by atoms with van der Waals surface area (Å²) in [6.07, 6.45) is 3.39. The first-order valence-corrected chi connectivity index (χ1v) is 8.07. The zero-order chi connectivity index (χ0) is 15.6. The molecule has 0 aliphatic heterocycles. The molecule has 0 bridgehead atoms. The molecule has 2 N–H and O–H groups in total. The number of nitrogens with zero attached hydrogens (tertiary/aromatic N) is 1. The van der Waals surface area contributed by atoms with Crippen LogP contribution in [0, 0.1) is 0 Å². The fourth-order valence-corrected chi connectivity index (χ4v) is 2.04. The number of hydrogen-bond acceptors (Lipinski definition) is 3. The third-order valence-electron chi connectivity index (χ3n) is 3.34. The largest absolute Gasteiger partial charge is 0.493 e. The SMILES string of the molecule is CCNC(=NCc1cccc(OCCCOC)c1)NC1CC1. The van der Waals surface area contributed by atoms with E-state index >= 15 is 0 Å². The molecule has 122 valence electrons. The number of hydrogen-bond donors (Lipinski definition) is 2. The van der Waals surface area contributed by atoms with Crippen molar-refractivity contribution < 1.29 is 9.47 Å². The Hall–Kier alpha value is -1.75. The molecule has 1 aromatic carbocycles. The molecule has 0 unspecified atom stereocenters. The van der Waals surface area contributed by atoms with Crippen molar-refractivity contribution in [3.05, 3.63) is 29.8 Å². The second kappa shape index (κ2) is 9.30. The predicted molar refractivity (Wildman–Crippen MR) is 89.4 cm³/mol. The molecule has 1 aliphatic rings. The minimum Gasteiger partial charge on any atom is -0.493 e. The van der Waals surface area contributed by atoms with Crippen LogP contribution < -0.4 is 15.4 Å². The molecule has 5 heteroatoms. The van der Waals surface area contributed by atoms with Crippen molar-refractivity contribution in [1.82, 2.24) is 10.6 Å². The summed E-state index contributed by atoms with van der Waals surface area (Å²) in [7, 11) is 1.70. The van der Waals surface area contributed by atoms with Gasteiger partial charge in [0.2, 0.25) is 0 Å². The van der Waals surface area contributed by atoms with E-state index in [1.54, 1.807) is 7.11 Å². The van der Waals surface area contributed by atoms with Gasteiger partial charge in [-0.1, -0.05) is 12.1 Å². The van der Waals surface area contributed by atoms with Gasteiger partial charge in [0.15, 0.2) is 5.96 Å². The molecule has 1 fully saturated rings. The van der Waals surface area contributed by atoms with Crippen molar-refractivity contribution in [3.8, 4) is 5.75 Å². The summed E-state index contributed by atoms with van der Waals surface area (Å²) < 4.78 is 10.7. The molecule has 1 aliphatic carbocycles. The summed E-state index contributed by atoms with van der Waals surface area (Å²) in [5.41, 5.74) is 1.15. The van der Waals surface area contributed by atoms with Gasteiger partial charge in [0, 0.05) is 32.7 Å². The van der Waals surface area contributed by atoms with E-state index in [1.807, 2.05) is 12.1 Å². The maximum absolute atomic E-state index is 5.72. The summed E-state index contributed by atoms with van der Waals surface area (Å²) in [5.74, 6) is 1.79. The van der Waals surface area contributed by atoms with Gasteiger partial charge in [-0.3, -0.25) is 0 Å². The fraction of sp³-hybridized carbons (Fsp3) is 0.588. The molecule has 1 aromatic rings. The lowest BCUT2D eigenvalue weighted by atomic mass is 10.2. The number of ether oxygens (including phenoxy) is 2. The molecule has 0 atom stereocenters. The molecule has 1 saturated carbocycles. The van der Waals surface area contributed by atoms with Crippen molar-refractivity contribution >= 4 is 5.96 Å². The van der Waals surface area contributed by atoms with Crippen LogP contribution in [-0.2, 0) is 11.3 Å². The average Bonchev–Trinajstić information content (AvgIpc) is 3.34. The number of nitrogens with one attached hydrogen (secondary N) is 2. The minimum atomic E-state index is 0.605. The lowest BCUT2D eigenvalue weighted by Crippen LogP contribution is -2.38. The number of rotatable bonds is 9. The Morgan fingerprint density at radius 1 is 1.32 bits per heavy atom. The van der Waals surface area contributed by atoms with Crippen molar-refractivity contribution in [2.24, 2.45) is 4.99 Å². The maximum Gasteiger partial charge on any atom is 0.191 e. The summed E-state index contributed by atoms with van der Waals surface area (Å²) in [4.78, 5) is 4.63. The van der Waals surface area contributed by atoms with Crippen LogP contribution in [0.5, 0.6) is 5.75 Å². The van der Waals surface area contributed by atoms with E-state index in [-0.39, 0.29) is 0 Å². The Balaban J connectivity index is 1.84. The number of methoxy groups -OCH3 is 1. The highest BCUT2D eigenvalue weighted by atomic mass is 16.5. The molecule has 0 aromatic heterocycles. The Kier molecular flexibility index (Phi) is 7.03. The predicted octanol–water partition coefficient (Wildman–Crippen LogP) is 2.32. The van der Waals surface area contributed by atoms with Crippen LogP contribution in [0.15, 0.2) is 29.3 Å². The lowest BCUT2D eigenvalue weighted by molar-refractivity contribution is 0.172. The van der Waals surface area contributed by atoms with Gasteiger partial charge in [-0.25, -0.2) is 4.99 Å². The molecule has 0 radical (unpaired) electrons. The number of aliphatic imine (C=N–C) groups is 1. The molecule has 0 saturated heterocycles. The Morgan fingerprint density at radius 2 is 2.18 bits per heavy atom. The van der Waals surface area contributed by atoms with E-state index in [4.69, 9.17) is 9.47 Å². The van der Waals surface area contributed by atoms with Crippen LogP contribution in [0.25, 0.3) is 0 Å². The highest BCUT2D eigenvalue weighted by molar-refractivity contribution is 5.80. The summed E-state index contributed by atoms with van der Waals surface area (Å²) in [6, 6.07) is 8.72. The van der Waals surface area contributed by atoms with E-state index in [0.29, 0.717) is 19.2 Å². The quantitative estimate of drug-likeness (QED) is 0.418. The van der Waals surface area contributed by atoms with E-state index in [1.165, 1.54) is 12.8 Å². The standard InChI is InChI=1S/C17H27N3O2/c1-3-18-17(20-15-8-9-15)19-13-14-6-4-7-16(12-14)22-11-5-10-21-2/h4,6-7,12,15H,3,5,8-11,13H2,1-2H3,(H2,18,19,20). The van der Waals surface area contributed by atoms with Crippen molar-refractivity contribution in [2.45, 2.75) is 38.8 Å². The smallest absolute Gasteiger partial charge is 0.191 e. The lowest BCUT2D eigenvalue weighted by Gasteiger charge is -2.11. The highest BCUT2D eigenvalue weighted by Crippen LogP contribution is 2.18. The van der Waals surface area contributed by atoms with Gasteiger partial charge in [-0.15, -0.1) is 0 Å². The van der Waals surface area contributed by atoms with Gasteiger partial charge >= 0.3 is 0 Å². The van der Waals surface area contributed by atoms with E-state index in [0.717, 1.165) is 36.8 Å². The second-order valence-electron chi connectivity index (χ2n) is 5.46. The highest BCUT2D eigenvalue weighted by Gasteiger charge is 2.21. The third kappa shape index (κ3) is 6.35. The van der Waals surface area contributed by atoms with Gasteiger partial charge in [-0.05, 0) is 37.5 Å². The topological polar surface area (TPSA) is 54.9 Å². The first kappa shape index (κ1) is 16.6. The molecular formula is C17H27N3O2.